The van der Waals surface area contributed by atoms with Crippen molar-refractivity contribution in [1.29, 1.82) is 0 Å². The van der Waals surface area contributed by atoms with Crippen LogP contribution in [0.1, 0.15) is 0 Å². The van der Waals surface area contributed by atoms with Gasteiger partial charge in [-0.25, -0.2) is 0 Å². The van der Waals surface area contributed by atoms with Gasteiger partial charge in [0.15, 0.2) is 0 Å². The van der Waals surface area contributed by atoms with Crippen LogP contribution in [0.15, 0.2) is 22.7 Å². The Morgan fingerprint density at radius 1 is 1.50 bits per heavy atom. The standard InChI is InChI=1S/C10H13BrN2O/c1-14-10-3-2-7(11)4-9(10)13-8-5-12-6-8/h2-4,8,12-13H,5-6H2,1H3. The zero-order chi connectivity index (χ0) is 9.97. The maximum Gasteiger partial charge on any atom is 0.142 e. The molecule has 76 valence electrons. The van der Waals surface area contributed by atoms with Crippen molar-refractivity contribution in [2.45, 2.75) is 6.04 Å². The molecular weight excluding hydrogens is 244 g/mol. The van der Waals surface area contributed by atoms with E-state index in [2.05, 4.69) is 26.6 Å². The lowest BCUT2D eigenvalue weighted by atomic mass is 10.1. The first-order chi connectivity index (χ1) is 6.79. The Hall–Kier alpha value is -0.740. The fourth-order valence-corrected chi connectivity index (χ4v) is 1.76. The summed E-state index contributed by atoms with van der Waals surface area (Å²) in [5.41, 5.74) is 1.05. The summed E-state index contributed by atoms with van der Waals surface area (Å²) in [6, 6.07) is 6.50. The number of rotatable bonds is 3. The number of ether oxygens (including phenoxy) is 1. The van der Waals surface area contributed by atoms with Gasteiger partial charge in [-0.05, 0) is 18.2 Å². The van der Waals surface area contributed by atoms with Crippen LogP contribution in [-0.4, -0.2) is 26.2 Å². The molecule has 1 aromatic carbocycles. The first-order valence-electron chi connectivity index (χ1n) is 4.60. The van der Waals surface area contributed by atoms with E-state index in [0.29, 0.717) is 6.04 Å². The van der Waals surface area contributed by atoms with Crippen molar-refractivity contribution in [2.24, 2.45) is 0 Å². The number of halogens is 1. The van der Waals surface area contributed by atoms with Crippen molar-refractivity contribution in [3.8, 4) is 5.75 Å². The van der Waals surface area contributed by atoms with Crippen molar-refractivity contribution in [3.05, 3.63) is 22.7 Å². The van der Waals surface area contributed by atoms with Crippen molar-refractivity contribution in [1.82, 2.24) is 5.32 Å². The summed E-state index contributed by atoms with van der Waals surface area (Å²) < 4.78 is 6.33. The van der Waals surface area contributed by atoms with Gasteiger partial charge in [0.1, 0.15) is 5.75 Å². The minimum absolute atomic E-state index is 0.526. The lowest BCUT2D eigenvalue weighted by Gasteiger charge is -2.29. The average Bonchev–Trinajstić information content (AvgIpc) is 2.12. The lowest BCUT2D eigenvalue weighted by Crippen LogP contribution is -2.51. The predicted molar refractivity (Wildman–Crippen MR) is 61.0 cm³/mol. The number of nitrogens with one attached hydrogen (secondary N) is 2. The molecule has 2 rings (SSSR count). The van der Waals surface area contributed by atoms with Crippen LogP contribution < -0.4 is 15.4 Å². The van der Waals surface area contributed by atoms with E-state index in [1.807, 2.05) is 18.2 Å². The molecule has 0 atom stereocenters. The summed E-state index contributed by atoms with van der Waals surface area (Å²) >= 11 is 3.44. The Morgan fingerprint density at radius 2 is 2.29 bits per heavy atom. The fraction of sp³-hybridized carbons (Fsp3) is 0.400. The summed E-state index contributed by atoms with van der Waals surface area (Å²) in [6.07, 6.45) is 0. The lowest BCUT2D eigenvalue weighted by molar-refractivity contribution is 0.413. The molecule has 2 N–H and O–H groups in total. The van der Waals surface area contributed by atoms with Crippen LogP contribution >= 0.6 is 15.9 Å². The van der Waals surface area contributed by atoms with Gasteiger partial charge >= 0.3 is 0 Å². The summed E-state index contributed by atoms with van der Waals surface area (Å²) in [5, 5.41) is 6.64. The molecule has 1 heterocycles. The Balaban J connectivity index is 2.15. The van der Waals surface area contributed by atoms with Gasteiger partial charge in [-0.3, -0.25) is 0 Å². The molecule has 3 nitrogen and oxygen atoms in total. The number of methoxy groups -OCH3 is 1. The Labute approximate surface area is 92.0 Å². The zero-order valence-corrected chi connectivity index (χ0v) is 9.60. The molecule has 0 aromatic heterocycles. The highest BCUT2D eigenvalue weighted by Gasteiger charge is 2.17. The van der Waals surface area contributed by atoms with Crippen LogP contribution in [0.3, 0.4) is 0 Å². The van der Waals surface area contributed by atoms with E-state index >= 15 is 0 Å². The first-order valence-corrected chi connectivity index (χ1v) is 5.39. The van der Waals surface area contributed by atoms with E-state index in [0.717, 1.165) is 29.0 Å². The molecule has 0 radical (unpaired) electrons. The van der Waals surface area contributed by atoms with Crippen LogP contribution in [-0.2, 0) is 0 Å². The van der Waals surface area contributed by atoms with Gasteiger partial charge in [0, 0.05) is 17.6 Å². The SMILES string of the molecule is COc1ccc(Br)cc1NC1CNC1. The molecule has 14 heavy (non-hydrogen) atoms. The summed E-state index contributed by atoms with van der Waals surface area (Å²) in [4.78, 5) is 0. The largest absolute Gasteiger partial charge is 0.495 e. The van der Waals surface area contributed by atoms with Crippen LogP contribution in [0, 0.1) is 0 Å². The second-order valence-corrected chi connectivity index (χ2v) is 4.26. The molecule has 0 unspecified atom stereocenters. The van der Waals surface area contributed by atoms with Gasteiger partial charge in [0.25, 0.3) is 0 Å². The van der Waals surface area contributed by atoms with Crippen molar-refractivity contribution in [3.63, 3.8) is 0 Å². The monoisotopic (exact) mass is 256 g/mol. The average molecular weight is 257 g/mol. The summed E-state index contributed by atoms with van der Waals surface area (Å²) in [7, 11) is 1.69. The normalized spacial score (nSPS) is 16.1. The van der Waals surface area contributed by atoms with Gasteiger partial charge in [-0.2, -0.15) is 0 Å². The number of anilines is 1. The highest BCUT2D eigenvalue weighted by Crippen LogP contribution is 2.28. The van der Waals surface area contributed by atoms with E-state index in [1.54, 1.807) is 7.11 Å². The van der Waals surface area contributed by atoms with Gasteiger partial charge in [-0.15, -0.1) is 0 Å². The van der Waals surface area contributed by atoms with Crippen molar-refractivity contribution in [2.75, 3.05) is 25.5 Å². The minimum atomic E-state index is 0.526. The van der Waals surface area contributed by atoms with Crippen molar-refractivity contribution >= 4 is 21.6 Å². The van der Waals surface area contributed by atoms with E-state index in [4.69, 9.17) is 4.74 Å². The van der Waals surface area contributed by atoms with E-state index in [9.17, 15) is 0 Å². The molecular formula is C10H13BrN2O. The van der Waals surface area contributed by atoms with Crippen LogP contribution in [0.2, 0.25) is 0 Å². The van der Waals surface area contributed by atoms with Gasteiger partial charge in [0.05, 0.1) is 18.8 Å². The molecule has 1 aliphatic rings. The molecule has 0 spiro atoms. The van der Waals surface area contributed by atoms with E-state index in [1.165, 1.54) is 0 Å². The molecule has 0 bridgehead atoms. The fourth-order valence-electron chi connectivity index (χ4n) is 1.40. The topological polar surface area (TPSA) is 33.3 Å². The van der Waals surface area contributed by atoms with E-state index < -0.39 is 0 Å². The van der Waals surface area contributed by atoms with Crippen LogP contribution in [0.25, 0.3) is 0 Å². The van der Waals surface area contributed by atoms with Crippen molar-refractivity contribution < 1.29 is 4.74 Å². The molecule has 1 saturated heterocycles. The van der Waals surface area contributed by atoms with Crippen LogP contribution in [0.5, 0.6) is 5.75 Å². The smallest absolute Gasteiger partial charge is 0.142 e. The Morgan fingerprint density at radius 3 is 2.86 bits per heavy atom. The quantitative estimate of drug-likeness (QED) is 0.866. The molecule has 4 heteroatoms. The predicted octanol–water partition coefficient (Wildman–Crippen LogP) is 1.84. The Kier molecular flexibility index (Phi) is 2.93. The maximum absolute atomic E-state index is 5.27. The summed E-state index contributed by atoms with van der Waals surface area (Å²) in [5.74, 6) is 0.889. The van der Waals surface area contributed by atoms with Gasteiger partial charge in [0.2, 0.25) is 0 Å². The Bertz CT molecular complexity index is 326. The highest BCUT2D eigenvalue weighted by molar-refractivity contribution is 9.10. The molecule has 0 aliphatic carbocycles. The van der Waals surface area contributed by atoms with Crippen LogP contribution in [0.4, 0.5) is 5.69 Å². The second-order valence-electron chi connectivity index (χ2n) is 3.34. The molecule has 1 aromatic rings. The van der Waals surface area contributed by atoms with E-state index in [-0.39, 0.29) is 0 Å². The number of hydrogen-bond acceptors (Lipinski definition) is 3. The molecule has 1 fully saturated rings. The van der Waals surface area contributed by atoms with Gasteiger partial charge < -0.3 is 15.4 Å². The molecule has 1 aliphatic heterocycles. The third-order valence-corrected chi connectivity index (χ3v) is 2.80. The molecule has 0 amide bonds. The second kappa shape index (κ2) is 4.19. The summed E-state index contributed by atoms with van der Waals surface area (Å²) in [6.45, 7) is 2.05. The maximum atomic E-state index is 5.27. The first kappa shape index (κ1) is 9.80. The van der Waals surface area contributed by atoms with Gasteiger partial charge in [-0.1, -0.05) is 15.9 Å². The zero-order valence-electron chi connectivity index (χ0n) is 8.01. The minimum Gasteiger partial charge on any atom is -0.495 e. The highest BCUT2D eigenvalue weighted by atomic mass is 79.9. The number of benzene rings is 1. The number of hydrogen-bond donors (Lipinski definition) is 2. The third kappa shape index (κ3) is 2.01. The molecule has 0 saturated carbocycles. The third-order valence-electron chi connectivity index (χ3n) is 2.30.